The topological polar surface area (TPSA) is 46.6 Å². The summed E-state index contributed by atoms with van der Waals surface area (Å²) in [5, 5.41) is 0. The fraction of sp³-hybridized carbons (Fsp3) is 0.280. The Bertz CT molecular complexity index is 950. The van der Waals surface area contributed by atoms with Crippen molar-refractivity contribution in [3.05, 3.63) is 71.6 Å². The highest BCUT2D eigenvalue weighted by molar-refractivity contribution is 7.18. The van der Waals surface area contributed by atoms with E-state index in [0.29, 0.717) is 4.88 Å². The maximum Gasteiger partial charge on any atom is 0.325 e. The van der Waals surface area contributed by atoms with Gasteiger partial charge in [0.2, 0.25) is 0 Å². The molecule has 2 aromatic carbocycles. The zero-order chi connectivity index (χ0) is 20.9. The highest BCUT2D eigenvalue weighted by atomic mass is 32.1. The number of hydrogen-bond acceptors (Lipinski definition) is 4. The Morgan fingerprint density at radius 2 is 1.57 bits per heavy atom. The summed E-state index contributed by atoms with van der Waals surface area (Å²) < 4.78 is 4.86. The molecule has 0 bridgehead atoms. The van der Waals surface area contributed by atoms with Gasteiger partial charge in [-0.05, 0) is 30.0 Å². The van der Waals surface area contributed by atoms with E-state index in [2.05, 4.69) is 24.3 Å². The van der Waals surface area contributed by atoms with Crippen molar-refractivity contribution in [3.63, 3.8) is 0 Å². The summed E-state index contributed by atoms with van der Waals surface area (Å²) in [6.07, 6.45) is 4.05. The highest BCUT2D eigenvalue weighted by Crippen LogP contribution is 2.40. The van der Waals surface area contributed by atoms with Crippen LogP contribution >= 0.6 is 11.3 Å². The third-order valence-corrected chi connectivity index (χ3v) is 6.79. The maximum absolute atomic E-state index is 13.5. The van der Waals surface area contributed by atoms with Gasteiger partial charge in [-0.2, -0.15) is 0 Å². The van der Waals surface area contributed by atoms with Crippen molar-refractivity contribution in [1.82, 2.24) is 4.90 Å². The van der Waals surface area contributed by atoms with Crippen molar-refractivity contribution in [1.29, 1.82) is 0 Å². The number of hydrogen-bond donors (Lipinski definition) is 0. The van der Waals surface area contributed by atoms with Gasteiger partial charge in [-0.25, -0.2) is 0 Å². The Hall–Kier alpha value is -2.92. The first-order valence-electron chi connectivity index (χ1n) is 10.3. The number of carbonyl (C=O) groups is 2. The van der Waals surface area contributed by atoms with Gasteiger partial charge in [0.15, 0.2) is 0 Å². The SMILES string of the molecule is COC(=O)CN(C(=O)c1cc(-c2ccccc2)c(-c2ccccc2)s1)C1CCCC1. The summed E-state index contributed by atoms with van der Waals surface area (Å²) in [4.78, 5) is 29.0. The number of nitrogens with zero attached hydrogens (tertiary/aromatic N) is 1. The van der Waals surface area contributed by atoms with E-state index >= 15 is 0 Å². The van der Waals surface area contributed by atoms with E-state index in [1.54, 1.807) is 4.90 Å². The predicted molar refractivity (Wildman–Crippen MR) is 120 cm³/mol. The zero-order valence-electron chi connectivity index (χ0n) is 17.0. The van der Waals surface area contributed by atoms with E-state index in [1.165, 1.54) is 18.4 Å². The molecule has 1 fully saturated rings. The highest BCUT2D eigenvalue weighted by Gasteiger charge is 2.31. The van der Waals surface area contributed by atoms with E-state index < -0.39 is 0 Å². The zero-order valence-corrected chi connectivity index (χ0v) is 17.9. The lowest BCUT2D eigenvalue weighted by Crippen LogP contribution is -2.42. The first kappa shape index (κ1) is 20.4. The molecular formula is C25H25NO3S. The molecule has 0 aliphatic heterocycles. The summed E-state index contributed by atoms with van der Waals surface area (Å²) in [5.41, 5.74) is 3.20. The summed E-state index contributed by atoms with van der Waals surface area (Å²) >= 11 is 1.49. The molecular weight excluding hydrogens is 394 g/mol. The average molecular weight is 420 g/mol. The third-order valence-electron chi connectivity index (χ3n) is 5.62. The van der Waals surface area contributed by atoms with Crippen molar-refractivity contribution in [2.75, 3.05) is 13.7 Å². The van der Waals surface area contributed by atoms with Crippen LogP contribution in [0.1, 0.15) is 35.4 Å². The van der Waals surface area contributed by atoms with Crippen molar-refractivity contribution in [3.8, 4) is 21.6 Å². The first-order valence-corrected chi connectivity index (χ1v) is 11.1. The lowest BCUT2D eigenvalue weighted by molar-refractivity contribution is -0.141. The lowest BCUT2D eigenvalue weighted by Gasteiger charge is -2.27. The van der Waals surface area contributed by atoms with Crippen molar-refractivity contribution < 1.29 is 14.3 Å². The van der Waals surface area contributed by atoms with Gasteiger partial charge in [0.1, 0.15) is 6.54 Å². The number of rotatable bonds is 6. The van der Waals surface area contributed by atoms with Crippen LogP contribution in [-0.2, 0) is 9.53 Å². The summed E-state index contributed by atoms with van der Waals surface area (Å²) in [6.45, 7) is -0.000753. The summed E-state index contributed by atoms with van der Waals surface area (Å²) in [5.74, 6) is -0.463. The van der Waals surface area contributed by atoms with Crippen LogP contribution in [0.3, 0.4) is 0 Å². The molecule has 5 heteroatoms. The molecule has 1 heterocycles. The standard InChI is InChI=1S/C25H25NO3S/c1-29-23(27)17-26(20-14-8-9-15-20)25(28)22-16-21(18-10-4-2-5-11-18)24(30-22)19-12-6-3-7-13-19/h2-7,10-13,16,20H,8-9,14-15,17H2,1H3. The van der Waals surface area contributed by atoms with Crippen molar-refractivity contribution in [2.24, 2.45) is 0 Å². The van der Waals surface area contributed by atoms with Crippen LogP contribution in [0.25, 0.3) is 21.6 Å². The van der Waals surface area contributed by atoms with Crippen LogP contribution in [0.15, 0.2) is 66.7 Å². The number of ether oxygens (including phenoxy) is 1. The monoisotopic (exact) mass is 419 g/mol. The van der Waals surface area contributed by atoms with Gasteiger partial charge in [-0.1, -0.05) is 73.5 Å². The predicted octanol–water partition coefficient (Wildman–Crippen LogP) is 5.64. The number of amides is 1. The molecule has 1 saturated carbocycles. The Kier molecular flexibility index (Phi) is 6.29. The molecule has 1 aliphatic rings. The molecule has 3 aromatic rings. The van der Waals surface area contributed by atoms with Gasteiger partial charge in [0.25, 0.3) is 5.91 Å². The van der Waals surface area contributed by atoms with Crippen molar-refractivity contribution >= 4 is 23.2 Å². The second-order valence-corrected chi connectivity index (χ2v) is 8.59. The van der Waals surface area contributed by atoms with Gasteiger partial charge in [-0.3, -0.25) is 9.59 Å². The normalized spacial score (nSPS) is 13.9. The maximum atomic E-state index is 13.5. The van der Waals surface area contributed by atoms with Crippen LogP contribution < -0.4 is 0 Å². The van der Waals surface area contributed by atoms with Crippen LogP contribution in [0.4, 0.5) is 0 Å². The molecule has 0 saturated heterocycles. The first-order chi connectivity index (χ1) is 14.7. The number of benzene rings is 2. The number of thiophene rings is 1. The molecule has 4 rings (SSSR count). The Labute approximate surface area is 181 Å². The molecule has 0 spiro atoms. The van der Waals surface area contributed by atoms with E-state index in [0.717, 1.165) is 47.3 Å². The fourth-order valence-electron chi connectivity index (χ4n) is 4.06. The smallest absolute Gasteiger partial charge is 0.325 e. The van der Waals surface area contributed by atoms with Gasteiger partial charge in [-0.15, -0.1) is 11.3 Å². The van der Waals surface area contributed by atoms with E-state index in [4.69, 9.17) is 4.74 Å². The van der Waals surface area contributed by atoms with Crippen LogP contribution in [0.2, 0.25) is 0 Å². The Morgan fingerprint density at radius 3 is 2.17 bits per heavy atom. The molecule has 0 N–H and O–H groups in total. The molecule has 1 aromatic heterocycles. The minimum Gasteiger partial charge on any atom is -0.468 e. The second-order valence-electron chi connectivity index (χ2n) is 7.53. The Morgan fingerprint density at radius 1 is 0.967 bits per heavy atom. The minimum atomic E-state index is -0.377. The molecule has 4 nitrogen and oxygen atoms in total. The molecule has 154 valence electrons. The van der Waals surface area contributed by atoms with Crippen LogP contribution in [-0.4, -0.2) is 36.5 Å². The Balaban J connectivity index is 1.75. The number of carbonyl (C=O) groups excluding carboxylic acids is 2. The van der Waals surface area contributed by atoms with Crippen LogP contribution in [0, 0.1) is 0 Å². The minimum absolute atomic E-state index is 0.000753. The molecule has 0 unspecified atom stereocenters. The average Bonchev–Trinajstić information content (AvgIpc) is 3.48. The third kappa shape index (κ3) is 4.31. The number of esters is 1. The molecule has 30 heavy (non-hydrogen) atoms. The van der Waals surface area contributed by atoms with Crippen LogP contribution in [0.5, 0.6) is 0 Å². The van der Waals surface area contributed by atoms with Gasteiger partial charge < -0.3 is 9.64 Å². The number of methoxy groups -OCH3 is 1. The summed E-state index contributed by atoms with van der Waals surface area (Å²) in [6, 6.07) is 22.3. The molecule has 0 radical (unpaired) electrons. The molecule has 1 aliphatic carbocycles. The van der Waals surface area contributed by atoms with E-state index in [1.807, 2.05) is 42.5 Å². The largest absolute Gasteiger partial charge is 0.468 e. The van der Waals surface area contributed by atoms with E-state index in [-0.39, 0.29) is 24.5 Å². The molecule has 1 amide bonds. The second kappa shape index (κ2) is 9.26. The quantitative estimate of drug-likeness (QED) is 0.486. The lowest BCUT2D eigenvalue weighted by atomic mass is 10.0. The fourth-order valence-corrected chi connectivity index (χ4v) is 5.20. The van der Waals surface area contributed by atoms with Crippen molar-refractivity contribution in [2.45, 2.75) is 31.7 Å². The van der Waals surface area contributed by atoms with E-state index in [9.17, 15) is 9.59 Å². The van der Waals surface area contributed by atoms with Gasteiger partial charge in [0.05, 0.1) is 12.0 Å². The van der Waals surface area contributed by atoms with Gasteiger partial charge >= 0.3 is 5.97 Å². The summed E-state index contributed by atoms with van der Waals surface area (Å²) in [7, 11) is 1.37. The van der Waals surface area contributed by atoms with Gasteiger partial charge in [0, 0.05) is 16.5 Å². The molecule has 0 atom stereocenters.